The number of hydrogen-bond acceptors (Lipinski definition) is 4. The SMILES string of the molecule is CCC(CC)=NOC(C)c1ccc2c(c1)c1cc(Cc3ccc(OCC4CCCCO4)cc3C)ccc1n2CC. The first-order valence-corrected chi connectivity index (χ1v) is 15.1. The standard InChI is InChI=1S/C35H44N2O3/c1-6-29(7-2)36-40-25(5)28-14-17-35-33(22-28)32-21-26(12-16-34(32)37(35)8-3)20-27-13-15-30(19-24(27)4)39-23-31-11-9-10-18-38-31/h12-17,19,21-22,25,31H,6-11,18,20,23H2,1-5H3. The second kappa shape index (κ2) is 12.9. The second-order valence-corrected chi connectivity index (χ2v) is 11.0. The van der Waals surface area contributed by atoms with Gasteiger partial charge < -0.3 is 18.9 Å². The van der Waals surface area contributed by atoms with Crippen LogP contribution in [-0.2, 0) is 22.5 Å². The third kappa shape index (κ3) is 6.20. The van der Waals surface area contributed by atoms with Gasteiger partial charge >= 0.3 is 0 Å². The molecule has 1 aromatic heterocycles. The number of oxime groups is 1. The Balaban J connectivity index is 1.38. The molecule has 0 bridgehead atoms. The average molecular weight is 541 g/mol. The Bertz CT molecular complexity index is 1470. The smallest absolute Gasteiger partial charge is 0.149 e. The molecule has 5 heteroatoms. The first kappa shape index (κ1) is 28.2. The van der Waals surface area contributed by atoms with Crippen molar-refractivity contribution in [2.75, 3.05) is 13.2 Å². The molecule has 2 unspecified atom stereocenters. The van der Waals surface area contributed by atoms with Gasteiger partial charge in [0.15, 0.2) is 0 Å². The summed E-state index contributed by atoms with van der Waals surface area (Å²) in [5, 5.41) is 6.97. The van der Waals surface area contributed by atoms with Crippen LogP contribution in [-0.4, -0.2) is 29.6 Å². The monoisotopic (exact) mass is 540 g/mol. The summed E-state index contributed by atoms with van der Waals surface area (Å²) in [6, 6.07) is 20.1. The Morgan fingerprint density at radius 1 is 0.975 bits per heavy atom. The van der Waals surface area contributed by atoms with Crippen LogP contribution in [0.25, 0.3) is 21.8 Å². The zero-order valence-corrected chi connectivity index (χ0v) is 24.8. The van der Waals surface area contributed by atoms with E-state index in [0.29, 0.717) is 6.61 Å². The maximum atomic E-state index is 6.08. The predicted molar refractivity (Wildman–Crippen MR) is 166 cm³/mol. The maximum absolute atomic E-state index is 6.08. The van der Waals surface area contributed by atoms with Gasteiger partial charge in [-0.2, -0.15) is 0 Å². The number of ether oxygens (including phenoxy) is 2. The van der Waals surface area contributed by atoms with Crippen molar-refractivity contribution in [2.24, 2.45) is 5.16 Å². The molecule has 1 aliphatic rings. The van der Waals surface area contributed by atoms with Crippen LogP contribution in [0.1, 0.15) is 88.2 Å². The molecular weight excluding hydrogens is 496 g/mol. The van der Waals surface area contributed by atoms with Crippen molar-refractivity contribution in [2.45, 2.75) is 91.9 Å². The number of rotatable bonds is 11. The van der Waals surface area contributed by atoms with Gasteiger partial charge in [0.25, 0.3) is 0 Å². The van der Waals surface area contributed by atoms with E-state index in [1.165, 1.54) is 44.9 Å². The zero-order valence-electron chi connectivity index (χ0n) is 24.8. The molecule has 212 valence electrons. The third-order valence-electron chi connectivity index (χ3n) is 8.31. The lowest BCUT2D eigenvalue weighted by atomic mass is 9.98. The lowest BCUT2D eigenvalue weighted by Gasteiger charge is -2.22. The van der Waals surface area contributed by atoms with Gasteiger partial charge in [-0.1, -0.05) is 37.2 Å². The lowest BCUT2D eigenvalue weighted by Crippen LogP contribution is -2.25. The van der Waals surface area contributed by atoms with Crippen molar-refractivity contribution < 1.29 is 14.3 Å². The number of aryl methyl sites for hydroxylation is 2. The summed E-state index contributed by atoms with van der Waals surface area (Å²) in [7, 11) is 0. The molecule has 0 radical (unpaired) electrons. The molecule has 2 heterocycles. The molecule has 1 aliphatic heterocycles. The van der Waals surface area contributed by atoms with E-state index in [1.807, 2.05) is 0 Å². The maximum Gasteiger partial charge on any atom is 0.149 e. The van der Waals surface area contributed by atoms with Crippen LogP contribution >= 0.6 is 0 Å². The van der Waals surface area contributed by atoms with Gasteiger partial charge in [-0.3, -0.25) is 0 Å². The number of hydrogen-bond donors (Lipinski definition) is 0. The molecule has 40 heavy (non-hydrogen) atoms. The molecule has 1 saturated heterocycles. The van der Waals surface area contributed by atoms with E-state index in [4.69, 9.17) is 14.3 Å². The Labute approximate surface area is 239 Å². The highest BCUT2D eigenvalue weighted by atomic mass is 16.6. The summed E-state index contributed by atoms with van der Waals surface area (Å²) < 4.78 is 14.3. The van der Waals surface area contributed by atoms with Crippen LogP contribution in [0.4, 0.5) is 0 Å². The summed E-state index contributed by atoms with van der Waals surface area (Å²) in [5.41, 5.74) is 8.66. The molecular formula is C35H44N2O3. The predicted octanol–water partition coefficient (Wildman–Crippen LogP) is 8.92. The Morgan fingerprint density at radius 3 is 2.45 bits per heavy atom. The van der Waals surface area contributed by atoms with Gasteiger partial charge in [0.05, 0.1) is 11.8 Å². The highest BCUT2D eigenvalue weighted by Crippen LogP contribution is 2.33. The number of aromatic nitrogens is 1. The molecule has 3 aromatic carbocycles. The van der Waals surface area contributed by atoms with E-state index in [9.17, 15) is 0 Å². The minimum Gasteiger partial charge on any atom is -0.491 e. The van der Waals surface area contributed by atoms with Crippen LogP contribution in [0.15, 0.2) is 59.8 Å². The highest BCUT2D eigenvalue weighted by molar-refractivity contribution is 6.08. The van der Waals surface area contributed by atoms with Crippen molar-refractivity contribution >= 4 is 27.5 Å². The number of nitrogens with zero attached hydrogens (tertiary/aromatic N) is 2. The van der Waals surface area contributed by atoms with Crippen LogP contribution < -0.4 is 4.74 Å². The van der Waals surface area contributed by atoms with Crippen LogP contribution in [0, 0.1) is 6.92 Å². The van der Waals surface area contributed by atoms with Crippen LogP contribution in [0.5, 0.6) is 5.75 Å². The summed E-state index contributed by atoms with van der Waals surface area (Å²) in [6.45, 7) is 13.1. The molecule has 0 aliphatic carbocycles. The Kier molecular flexibility index (Phi) is 9.11. The fourth-order valence-electron chi connectivity index (χ4n) is 5.77. The van der Waals surface area contributed by atoms with E-state index < -0.39 is 0 Å². The van der Waals surface area contributed by atoms with Gasteiger partial charge in [-0.05, 0) is 118 Å². The molecule has 0 amide bonds. The van der Waals surface area contributed by atoms with Gasteiger partial charge in [0.1, 0.15) is 18.5 Å². The van der Waals surface area contributed by atoms with Crippen molar-refractivity contribution in [3.8, 4) is 5.75 Å². The Hall–Kier alpha value is -3.31. The van der Waals surface area contributed by atoms with E-state index in [2.05, 4.69) is 98.9 Å². The van der Waals surface area contributed by atoms with Crippen molar-refractivity contribution in [3.05, 3.63) is 76.9 Å². The van der Waals surface area contributed by atoms with E-state index in [1.54, 1.807) is 0 Å². The van der Waals surface area contributed by atoms with Crippen molar-refractivity contribution in [1.82, 2.24) is 4.57 Å². The minimum atomic E-state index is -0.103. The van der Waals surface area contributed by atoms with E-state index in [-0.39, 0.29) is 12.2 Å². The molecule has 2 atom stereocenters. The van der Waals surface area contributed by atoms with Gasteiger partial charge in [0.2, 0.25) is 0 Å². The second-order valence-electron chi connectivity index (χ2n) is 11.0. The molecule has 1 fully saturated rings. The Morgan fingerprint density at radius 2 is 1.75 bits per heavy atom. The molecule has 0 spiro atoms. The summed E-state index contributed by atoms with van der Waals surface area (Å²) in [6.07, 6.45) is 6.32. The summed E-state index contributed by atoms with van der Waals surface area (Å²) in [5.74, 6) is 0.926. The fourth-order valence-corrected chi connectivity index (χ4v) is 5.77. The van der Waals surface area contributed by atoms with Gasteiger partial charge in [-0.25, -0.2) is 0 Å². The average Bonchev–Trinajstić information content (AvgIpc) is 3.30. The molecule has 4 aromatic rings. The normalized spacial score (nSPS) is 16.3. The minimum absolute atomic E-state index is 0.103. The van der Waals surface area contributed by atoms with E-state index >= 15 is 0 Å². The molecule has 0 N–H and O–H groups in total. The summed E-state index contributed by atoms with van der Waals surface area (Å²) in [4.78, 5) is 5.91. The molecule has 5 nitrogen and oxygen atoms in total. The van der Waals surface area contributed by atoms with Crippen molar-refractivity contribution in [3.63, 3.8) is 0 Å². The first-order valence-electron chi connectivity index (χ1n) is 15.1. The van der Waals surface area contributed by atoms with Crippen molar-refractivity contribution in [1.29, 1.82) is 0 Å². The molecule has 0 saturated carbocycles. The topological polar surface area (TPSA) is 45.0 Å². The summed E-state index contributed by atoms with van der Waals surface area (Å²) >= 11 is 0. The van der Waals surface area contributed by atoms with Gasteiger partial charge in [-0.15, -0.1) is 0 Å². The fraction of sp³-hybridized carbons (Fsp3) is 0.457. The van der Waals surface area contributed by atoms with Crippen LogP contribution in [0.2, 0.25) is 0 Å². The van der Waals surface area contributed by atoms with Crippen LogP contribution in [0.3, 0.4) is 0 Å². The number of benzene rings is 3. The third-order valence-corrected chi connectivity index (χ3v) is 8.31. The quantitative estimate of drug-likeness (QED) is 0.141. The first-order chi connectivity index (χ1) is 19.5. The van der Waals surface area contributed by atoms with E-state index in [0.717, 1.165) is 62.3 Å². The largest absolute Gasteiger partial charge is 0.491 e. The lowest BCUT2D eigenvalue weighted by molar-refractivity contribution is -0.0110. The zero-order chi connectivity index (χ0) is 28.1. The highest BCUT2D eigenvalue weighted by Gasteiger charge is 2.16. The molecule has 5 rings (SSSR count). The number of fused-ring (bicyclic) bond motifs is 3. The van der Waals surface area contributed by atoms with Gasteiger partial charge in [0, 0.05) is 35.0 Å².